The maximum absolute atomic E-state index is 12.4. The van der Waals surface area contributed by atoms with Crippen LogP contribution in [0.15, 0.2) is 11.6 Å². The van der Waals surface area contributed by atoms with Crippen molar-refractivity contribution >= 4 is 5.78 Å². The molecule has 0 aromatic heterocycles. The molecule has 0 aromatic carbocycles. The molecule has 2 saturated heterocycles. The van der Waals surface area contributed by atoms with E-state index in [1.165, 1.54) is 12.5 Å². The molecule has 6 rings (SSSR count). The molecule has 0 bridgehead atoms. The van der Waals surface area contributed by atoms with Crippen molar-refractivity contribution in [3.8, 4) is 0 Å². The highest BCUT2D eigenvalue weighted by Crippen LogP contribution is 2.68. The molecule has 0 amide bonds. The lowest BCUT2D eigenvalue weighted by Crippen LogP contribution is -2.64. The Morgan fingerprint density at radius 1 is 0.865 bits per heavy atom. The van der Waals surface area contributed by atoms with Crippen molar-refractivity contribution in [3.05, 3.63) is 11.6 Å². The Morgan fingerprint density at radius 2 is 1.60 bits per heavy atom. The Kier molecular flexibility index (Phi) is 12.3. The van der Waals surface area contributed by atoms with Crippen LogP contribution in [-0.4, -0.2) is 133 Å². The van der Waals surface area contributed by atoms with E-state index in [1.807, 2.05) is 13.0 Å². The quantitative estimate of drug-likeness (QED) is 0.150. The van der Waals surface area contributed by atoms with Crippen LogP contribution >= 0.6 is 0 Å². The van der Waals surface area contributed by atoms with Crippen molar-refractivity contribution in [1.82, 2.24) is 0 Å². The monoisotopic (exact) mass is 740 g/mol. The summed E-state index contributed by atoms with van der Waals surface area (Å²) in [5.41, 5.74) is 0.985. The van der Waals surface area contributed by atoms with Crippen molar-refractivity contribution in [3.63, 3.8) is 0 Å². The molecule has 298 valence electrons. The van der Waals surface area contributed by atoms with E-state index in [-0.39, 0.29) is 46.9 Å². The molecule has 52 heavy (non-hydrogen) atoms. The number of hydrogen-bond acceptors (Lipinski definition) is 13. The number of hydrogen-bond donors (Lipinski definition) is 8. The smallest absolute Gasteiger partial charge is 0.187 e. The van der Waals surface area contributed by atoms with Gasteiger partial charge in [0.2, 0.25) is 0 Å². The molecule has 0 aromatic rings. The van der Waals surface area contributed by atoms with Gasteiger partial charge < -0.3 is 59.8 Å². The summed E-state index contributed by atoms with van der Waals surface area (Å²) in [5, 5.41) is 85.3. The van der Waals surface area contributed by atoms with Crippen LogP contribution in [0.4, 0.5) is 0 Å². The summed E-state index contributed by atoms with van der Waals surface area (Å²) < 4.78 is 24.8. The minimum Gasteiger partial charge on any atom is -0.396 e. The molecule has 0 spiro atoms. The van der Waals surface area contributed by atoms with E-state index in [2.05, 4.69) is 20.8 Å². The summed E-state index contributed by atoms with van der Waals surface area (Å²) in [6, 6.07) is 0. The fourth-order valence-corrected chi connectivity index (χ4v) is 11.5. The Labute approximate surface area is 307 Å². The van der Waals surface area contributed by atoms with E-state index < -0.39 is 80.2 Å². The van der Waals surface area contributed by atoms with Gasteiger partial charge in [-0.15, -0.1) is 0 Å². The van der Waals surface area contributed by atoms with Crippen molar-refractivity contribution in [1.29, 1.82) is 0 Å². The fraction of sp³-hybridized carbons (Fsp3) is 0.923. The number of fused-ring (bicyclic) bond motifs is 5. The highest BCUT2D eigenvalue weighted by molar-refractivity contribution is 5.91. The van der Waals surface area contributed by atoms with Gasteiger partial charge in [-0.05, 0) is 111 Å². The van der Waals surface area contributed by atoms with Crippen molar-refractivity contribution in [2.45, 2.75) is 166 Å². The van der Waals surface area contributed by atoms with Crippen molar-refractivity contribution in [2.75, 3.05) is 13.2 Å². The van der Waals surface area contributed by atoms with E-state index in [4.69, 9.17) is 18.9 Å². The number of rotatable bonds is 11. The lowest BCUT2D eigenvalue weighted by Gasteiger charge is -2.58. The number of ether oxygens (including phenoxy) is 4. The predicted octanol–water partition coefficient (Wildman–Crippen LogP) is 1.19. The van der Waals surface area contributed by atoms with Crippen LogP contribution in [-0.2, 0) is 23.7 Å². The summed E-state index contributed by atoms with van der Waals surface area (Å²) in [6.07, 6.45) is -6.56. The van der Waals surface area contributed by atoms with Gasteiger partial charge in [0, 0.05) is 13.0 Å². The topological polar surface area (TPSA) is 216 Å². The van der Waals surface area contributed by atoms with Gasteiger partial charge in [-0.2, -0.15) is 0 Å². The average Bonchev–Trinajstić information content (AvgIpc) is 3.42. The third kappa shape index (κ3) is 7.20. The number of allylic oxidation sites excluding steroid dienone is 1. The Balaban J connectivity index is 1.32. The highest BCUT2D eigenvalue weighted by atomic mass is 16.8. The van der Waals surface area contributed by atoms with Crippen molar-refractivity contribution in [2.24, 2.45) is 46.3 Å². The Hall–Kier alpha value is -1.07. The maximum Gasteiger partial charge on any atom is 0.187 e. The van der Waals surface area contributed by atoms with Crippen LogP contribution in [0.1, 0.15) is 92.4 Å². The number of carbonyl (C=O) groups is 1. The third-order valence-corrected chi connectivity index (χ3v) is 14.7. The molecule has 13 nitrogen and oxygen atoms in total. The van der Waals surface area contributed by atoms with E-state index >= 15 is 0 Å². The van der Waals surface area contributed by atoms with Crippen LogP contribution < -0.4 is 0 Å². The zero-order chi connectivity index (χ0) is 37.9. The molecule has 2 aliphatic heterocycles. The molecule has 8 N–H and O–H groups in total. The lowest BCUT2D eigenvalue weighted by molar-refractivity contribution is -0.371. The average molecular weight is 741 g/mol. The number of carbonyl (C=O) groups excluding carboxylic acids is 1. The van der Waals surface area contributed by atoms with E-state index in [1.54, 1.807) is 0 Å². The van der Waals surface area contributed by atoms with Gasteiger partial charge in [0.1, 0.15) is 42.7 Å². The van der Waals surface area contributed by atoms with Gasteiger partial charge in [0.15, 0.2) is 18.4 Å². The first kappa shape index (κ1) is 40.6. The summed E-state index contributed by atoms with van der Waals surface area (Å²) in [4.78, 5) is 12.4. The molecule has 6 aliphatic rings. The van der Waals surface area contributed by atoms with E-state index in [9.17, 15) is 45.6 Å². The number of ketones is 1. The highest BCUT2D eigenvalue weighted by Gasteiger charge is 2.64. The predicted molar refractivity (Wildman–Crippen MR) is 186 cm³/mol. The largest absolute Gasteiger partial charge is 0.396 e. The number of aliphatic hydroxyl groups is 8. The SMILES string of the molecule is C[C@H](CO)CC[C@H](O)[C@@H](C)[C@H]1[C@@H](O[C@@H]2O[C@H](CO)[C@@H](O)[C@H](O)[C@H]2O[C@@H]2O[C@@H](C)[C@H](O)[C@@H](O)[C@H]2O)C[C@H]2[C@@H]3CCC4=CC(=O)CC[C@]4(C)[C@@H]3CC[C@]12C. The van der Waals surface area contributed by atoms with Gasteiger partial charge in [-0.25, -0.2) is 0 Å². The lowest BCUT2D eigenvalue weighted by atomic mass is 9.46. The van der Waals surface area contributed by atoms with E-state index in [0.29, 0.717) is 37.5 Å². The van der Waals surface area contributed by atoms with Crippen LogP contribution in [0.2, 0.25) is 0 Å². The summed E-state index contributed by atoms with van der Waals surface area (Å²) in [6.45, 7) is 9.58. The first-order valence-corrected chi connectivity index (χ1v) is 19.7. The van der Waals surface area contributed by atoms with Crippen LogP contribution in [0.3, 0.4) is 0 Å². The maximum atomic E-state index is 12.4. The molecular weight excluding hydrogens is 676 g/mol. The molecule has 4 aliphatic carbocycles. The van der Waals surface area contributed by atoms with Gasteiger partial charge in [-0.1, -0.05) is 33.3 Å². The second kappa shape index (κ2) is 15.8. The first-order valence-electron chi connectivity index (χ1n) is 19.7. The van der Waals surface area contributed by atoms with Gasteiger partial charge in [-0.3, -0.25) is 4.79 Å². The third-order valence-electron chi connectivity index (χ3n) is 14.7. The molecule has 0 radical (unpaired) electrons. The second-order valence-electron chi connectivity index (χ2n) is 17.7. The van der Waals surface area contributed by atoms with E-state index in [0.717, 1.165) is 32.1 Å². The standard InChI is InChI=1S/C39H64O13/c1-18(16-40)6-9-26(43)19(2)29-27(15-25-23-8-7-21-14-22(42)10-12-38(21,4)24(23)11-13-39(25,29)5)50-37-35(33(47)31(45)28(17-41)51-37)52-36-34(48)32(46)30(44)20(3)49-36/h14,18-20,23-37,40-41,43-48H,6-13,15-17H2,1-5H3/t18-,19+,20-,23+,24+,25-,26-,27-,28+,29-,30-,31+,32+,33-,34+,35+,36-,37+,38-,39-/m0/s1. The second-order valence-corrected chi connectivity index (χ2v) is 17.7. The molecule has 3 saturated carbocycles. The summed E-state index contributed by atoms with van der Waals surface area (Å²) >= 11 is 0. The Bertz CT molecular complexity index is 1280. The minimum atomic E-state index is -1.68. The molecule has 0 unspecified atom stereocenters. The normalized spacial score (nSPS) is 49.7. The van der Waals surface area contributed by atoms with Crippen LogP contribution in [0.25, 0.3) is 0 Å². The van der Waals surface area contributed by atoms with Gasteiger partial charge in [0.25, 0.3) is 0 Å². The number of aliphatic hydroxyl groups excluding tert-OH is 8. The van der Waals surface area contributed by atoms with Gasteiger partial charge >= 0.3 is 0 Å². The molecular formula is C39H64O13. The molecule has 5 fully saturated rings. The minimum absolute atomic E-state index is 0.0364. The molecule has 20 atom stereocenters. The van der Waals surface area contributed by atoms with Gasteiger partial charge in [0.05, 0.1) is 24.9 Å². The Morgan fingerprint density at radius 3 is 2.29 bits per heavy atom. The van der Waals surface area contributed by atoms with Crippen LogP contribution in [0.5, 0.6) is 0 Å². The fourth-order valence-electron chi connectivity index (χ4n) is 11.5. The molecule has 2 heterocycles. The zero-order valence-corrected chi connectivity index (χ0v) is 31.4. The first-order chi connectivity index (χ1) is 24.5. The zero-order valence-electron chi connectivity index (χ0n) is 31.4. The molecule has 13 heteroatoms. The summed E-state index contributed by atoms with van der Waals surface area (Å²) in [7, 11) is 0. The summed E-state index contributed by atoms with van der Waals surface area (Å²) in [5.74, 6) is 0.846. The van der Waals surface area contributed by atoms with Crippen LogP contribution in [0, 0.1) is 46.3 Å². The van der Waals surface area contributed by atoms with Crippen molar-refractivity contribution < 1.29 is 64.6 Å².